The Kier molecular flexibility index (Phi) is 3.80. The summed E-state index contributed by atoms with van der Waals surface area (Å²) in [5.74, 6) is -0.992. The highest BCUT2D eigenvalue weighted by Crippen LogP contribution is 2.41. The van der Waals surface area contributed by atoms with E-state index < -0.39 is 5.97 Å². The number of pyridine rings is 1. The molecule has 1 saturated carbocycles. The number of nitrogens with zero attached hydrogens (tertiary/aromatic N) is 1. The summed E-state index contributed by atoms with van der Waals surface area (Å²) in [6, 6.07) is 2.70. The van der Waals surface area contributed by atoms with Gasteiger partial charge in [-0.15, -0.1) is 0 Å². The van der Waals surface area contributed by atoms with Gasteiger partial charge in [0.2, 0.25) is 0 Å². The van der Waals surface area contributed by atoms with Gasteiger partial charge in [-0.2, -0.15) is 11.8 Å². The Hall–Kier alpha value is -1.23. The second-order valence-corrected chi connectivity index (χ2v) is 6.06. The van der Waals surface area contributed by atoms with Gasteiger partial charge in [0.1, 0.15) is 0 Å². The first kappa shape index (κ1) is 13.2. The Morgan fingerprint density at radius 2 is 2.11 bits per heavy atom. The van der Waals surface area contributed by atoms with Gasteiger partial charge in [0.05, 0.1) is 5.56 Å². The van der Waals surface area contributed by atoms with Crippen LogP contribution in [-0.2, 0) is 6.54 Å². The van der Waals surface area contributed by atoms with E-state index in [1.807, 2.05) is 0 Å². The molecule has 0 radical (unpaired) electrons. The predicted octanol–water partition coefficient (Wildman–Crippen LogP) is 2.22. The molecule has 0 amide bonds. The third kappa shape index (κ3) is 2.61. The minimum atomic E-state index is -0.992. The molecule has 1 fully saturated rings. The summed E-state index contributed by atoms with van der Waals surface area (Å²) >= 11 is 1.79. The van der Waals surface area contributed by atoms with Crippen LogP contribution in [-0.4, -0.2) is 26.6 Å². The van der Waals surface area contributed by atoms with Crippen molar-refractivity contribution in [1.82, 2.24) is 4.57 Å². The number of carboxylic acid groups (broad SMARTS) is 1. The van der Waals surface area contributed by atoms with Crippen molar-refractivity contribution in [3.8, 4) is 0 Å². The van der Waals surface area contributed by atoms with Gasteiger partial charge in [-0.05, 0) is 25.2 Å². The number of carbonyl (C=O) groups is 1. The molecule has 0 bridgehead atoms. The van der Waals surface area contributed by atoms with Gasteiger partial charge in [0, 0.05) is 23.6 Å². The smallest absolute Gasteiger partial charge is 0.337 e. The van der Waals surface area contributed by atoms with E-state index in [1.165, 1.54) is 31.2 Å². The second-order valence-electron chi connectivity index (χ2n) is 4.78. The Bertz CT molecular complexity index is 503. The molecule has 1 aliphatic rings. The fourth-order valence-electron chi connectivity index (χ4n) is 2.54. The average Bonchev–Trinajstić information content (AvgIpc) is 2.81. The zero-order valence-electron chi connectivity index (χ0n) is 10.4. The molecule has 98 valence electrons. The Morgan fingerprint density at radius 1 is 1.44 bits per heavy atom. The fraction of sp³-hybridized carbons (Fsp3) is 0.538. The molecule has 0 aliphatic heterocycles. The lowest BCUT2D eigenvalue weighted by Crippen LogP contribution is -2.33. The summed E-state index contributed by atoms with van der Waals surface area (Å²) in [5, 5.41) is 8.96. The molecule has 0 atom stereocenters. The molecule has 1 aromatic rings. The van der Waals surface area contributed by atoms with Crippen molar-refractivity contribution in [3.63, 3.8) is 0 Å². The monoisotopic (exact) mass is 267 g/mol. The van der Waals surface area contributed by atoms with Gasteiger partial charge in [0.15, 0.2) is 0 Å². The van der Waals surface area contributed by atoms with E-state index in [4.69, 9.17) is 5.11 Å². The van der Waals surface area contributed by atoms with Crippen LogP contribution < -0.4 is 5.56 Å². The summed E-state index contributed by atoms with van der Waals surface area (Å²) < 4.78 is 1.65. The first-order valence-electron chi connectivity index (χ1n) is 6.05. The van der Waals surface area contributed by atoms with Crippen LogP contribution in [0.15, 0.2) is 23.1 Å². The highest BCUT2D eigenvalue weighted by Gasteiger charge is 2.33. The fourth-order valence-corrected chi connectivity index (χ4v) is 3.50. The minimum absolute atomic E-state index is 0.0982. The first-order valence-corrected chi connectivity index (χ1v) is 7.28. The number of hydrogen-bond donors (Lipinski definition) is 1. The maximum absolute atomic E-state index is 11.8. The van der Waals surface area contributed by atoms with Crippen molar-refractivity contribution in [2.75, 3.05) is 6.26 Å². The molecule has 0 unspecified atom stereocenters. The Balaban J connectivity index is 2.30. The summed E-state index contributed by atoms with van der Waals surface area (Å²) in [5.41, 5.74) is 0.0455. The van der Waals surface area contributed by atoms with Crippen LogP contribution >= 0.6 is 11.8 Å². The van der Waals surface area contributed by atoms with Crippen LogP contribution in [0.1, 0.15) is 36.0 Å². The molecule has 1 N–H and O–H groups in total. The summed E-state index contributed by atoms with van der Waals surface area (Å²) in [6.07, 6.45) is 8.09. The van der Waals surface area contributed by atoms with Gasteiger partial charge in [0.25, 0.3) is 5.56 Å². The number of thioether (sulfide) groups is 1. The second kappa shape index (κ2) is 5.18. The topological polar surface area (TPSA) is 59.3 Å². The predicted molar refractivity (Wildman–Crippen MR) is 72.4 cm³/mol. The summed E-state index contributed by atoms with van der Waals surface area (Å²) in [7, 11) is 0. The van der Waals surface area contributed by atoms with Gasteiger partial charge in [-0.1, -0.05) is 12.8 Å². The van der Waals surface area contributed by atoms with Crippen LogP contribution in [0.3, 0.4) is 0 Å². The first-order chi connectivity index (χ1) is 8.56. The van der Waals surface area contributed by atoms with E-state index in [2.05, 4.69) is 6.26 Å². The van der Waals surface area contributed by atoms with E-state index in [9.17, 15) is 9.59 Å². The quantitative estimate of drug-likeness (QED) is 0.908. The van der Waals surface area contributed by atoms with Crippen molar-refractivity contribution < 1.29 is 9.90 Å². The molecule has 0 saturated heterocycles. The van der Waals surface area contributed by atoms with E-state index >= 15 is 0 Å². The van der Waals surface area contributed by atoms with Crippen molar-refractivity contribution in [2.45, 2.75) is 37.0 Å². The lowest BCUT2D eigenvalue weighted by atomic mass is 10.1. The van der Waals surface area contributed by atoms with Gasteiger partial charge < -0.3 is 9.67 Å². The highest BCUT2D eigenvalue weighted by molar-refractivity contribution is 8.00. The number of rotatable bonds is 4. The Labute approximate surface area is 110 Å². The summed E-state index contributed by atoms with van der Waals surface area (Å²) in [6.45, 7) is 0.605. The van der Waals surface area contributed by atoms with E-state index in [1.54, 1.807) is 16.3 Å². The van der Waals surface area contributed by atoms with E-state index in [0.717, 1.165) is 12.8 Å². The molecule has 1 aromatic heterocycles. The van der Waals surface area contributed by atoms with E-state index in [0.29, 0.717) is 6.54 Å². The number of aromatic nitrogens is 1. The van der Waals surface area contributed by atoms with Crippen LogP contribution in [0.25, 0.3) is 0 Å². The normalized spacial score (nSPS) is 17.8. The maximum Gasteiger partial charge on any atom is 0.337 e. The molecule has 18 heavy (non-hydrogen) atoms. The molecule has 1 heterocycles. The molecule has 0 aromatic carbocycles. The van der Waals surface area contributed by atoms with Crippen molar-refractivity contribution in [1.29, 1.82) is 0 Å². The van der Waals surface area contributed by atoms with Crippen molar-refractivity contribution >= 4 is 17.7 Å². The molecule has 2 rings (SSSR count). The molecular weight excluding hydrogens is 250 g/mol. The SMILES string of the molecule is CSC1(Cn2cc(C(=O)O)ccc2=O)CCCC1. The van der Waals surface area contributed by atoms with Gasteiger partial charge >= 0.3 is 5.97 Å². The third-order valence-corrected chi connectivity index (χ3v) is 5.04. The Morgan fingerprint density at radius 3 is 2.67 bits per heavy atom. The molecule has 1 aliphatic carbocycles. The number of carboxylic acids is 1. The number of hydrogen-bond acceptors (Lipinski definition) is 3. The van der Waals surface area contributed by atoms with E-state index in [-0.39, 0.29) is 15.9 Å². The molecule has 4 nitrogen and oxygen atoms in total. The third-order valence-electron chi connectivity index (χ3n) is 3.64. The zero-order chi connectivity index (χ0) is 13.2. The molecular formula is C13H17NO3S. The molecule has 5 heteroatoms. The number of aromatic carboxylic acids is 1. The molecule has 0 spiro atoms. The van der Waals surface area contributed by atoms with Crippen LogP contribution in [0.4, 0.5) is 0 Å². The van der Waals surface area contributed by atoms with Crippen molar-refractivity contribution in [2.24, 2.45) is 0 Å². The lowest BCUT2D eigenvalue weighted by Gasteiger charge is -2.27. The van der Waals surface area contributed by atoms with Crippen LogP contribution in [0, 0.1) is 0 Å². The average molecular weight is 267 g/mol. The summed E-state index contributed by atoms with van der Waals surface area (Å²) in [4.78, 5) is 22.7. The lowest BCUT2D eigenvalue weighted by molar-refractivity contribution is 0.0695. The van der Waals surface area contributed by atoms with Gasteiger partial charge in [-0.25, -0.2) is 4.79 Å². The van der Waals surface area contributed by atoms with Gasteiger partial charge in [-0.3, -0.25) is 4.79 Å². The van der Waals surface area contributed by atoms with Crippen molar-refractivity contribution in [3.05, 3.63) is 34.2 Å². The highest BCUT2D eigenvalue weighted by atomic mass is 32.2. The minimum Gasteiger partial charge on any atom is -0.478 e. The van der Waals surface area contributed by atoms with Crippen LogP contribution in [0.5, 0.6) is 0 Å². The largest absolute Gasteiger partial charge is 0.478 e. The standard InChI is InChI=1S/C13H17NO3S/c1-18-13(6-2-3-7-13)9-14-8-10(12(16)17)4-5-11(14)15/h4-5,8H,2-3,6-7,9H2,1H3,(H,16,17). The zero-order valence-corrected chi connectivity index (χ0v) is 11.2. The maximum atomic E-state index is 11.8. The van der Waals surface area contributed by atoms with Crippen LogP contribution in [0.2, 0.25) is 0 Å².